The van der Waals surface area contributed by atoms with E-state index in [2.05, 4.69) is 33.4 Å². The Morgan fingerprint density at radius 1 is 1.50 bits per heavy atom. The largest absolute Gasteiger partial charge is 0.165 e. The Kier molecular flexibility index (Phi) is 4.97. The van der Waals surface area contributed by atoms with Crippen molar-refractivity contribution in [3.63, 3.8) is 0 Å². The topological polar surface area (TPSA) is 0 Å². The van der Waals surface area contributed by atoms with Crippen LogP contribution in [0.15, 0.2) is 0 Å². The van der Waals surface area contributed by atoms with Crippen molar-refractivity contribution < 1.29 is 0 Å². The molecule has 0 aliphatic carbocycles. The molecule has 2 heteroatoms. The predicted octanol–water partition coefficient (Wildman–Crippen LogP) is 2.79. The van der Waals surface area contributed by atoms with E-state index in [-0.39, 0.29) is 0 Å². The van der Waals surface area contributed by atoms with E-state index in [0.717, 1.165) is 5.25 Å². The molecule has 0 nitrogen and oxygen atoms in total. The van der Waals surface area contributed by atoms with Crippen LogP contribution in [-0.2, 0) is 0 Å². The van der Waals surface area contributed by atoms with E-state index in [4.69, 9.17) is 0 Å². The molecule has 0 aromatic rings. The van der Waals surface area contributed by atoms with Crippen molar-refractivity contribution in [2.24, 2.45) is 0 Å². The minimum Gasteiger partial charge on any atom is -0.165 e. The highest BCUT2D eigenvalue weighted by atomic mass is 32.2. The van der Waals surface area contributed by atoms with Crippen LogP contribution in [0.5, 0.6) is 0 Å². The summed E-state index contributed by atoms with van der Waals surface area (Å²) in [6, 6.07) is 0. The van der Waals surface area contributed by atoms with Gasteiger partial charge < -0.3 is 0 Å². The molecule has 0 fully saturated rings. The maximum absolute atomic E-state index is 4.25. The Balaban J connectivity index is 3.10. The summed E-state index contributed by atoms with van der Waals surface area (Å²) in [6.45, 7) is 6.55. The zero-order chi connectivity index (χ0) is 6.57. The van der Waals surface area contributed by atoms with Gasteiger partial charge in [0, 0.05) is 9.83 Å². The van der Waals surface area contributed by atoms with Gasteiger partial charge in [-0.25, -0.2) is 0 Å². The van der Waals surface area contributed by atoms with Crippen LogP contribution in [0.2, 0.25) is 0 Å². The lowest BCUT2D eigenvalue weighted by molar-refractivity contribution is 0.905. The van der Waals surface area contributed by atoms with Crippen LogP contribution in [0.4, 0.5) is 0 Å². The summed E-state index contributed by atoms with van der Waals surface area (Å²) >= 11 is 6.17. The van der Waals surface area contributed by atoms with Gasteiger partial charge in [-0.2, -0.15) is 12.6 Å². The van der Waals surface area contributed by atoms with Crippen molar-refractivity contribution in [3.8, 4) is 0 Å². The van der Waals surface area contributed by atoms with Crippen LogP contribution in [0.3, 0.4) is 0 Å². The molecule has 0 aliphatic rings. The fourth-order valence-corrected chi connectivity index (χ4v) is 1.92. The van der Waals surface area contributed by atoms with Crippen LogP contribution < -0.4 is 0 Å². The highest BCUT2D eigenvalue weighted by Gasteiger charge is 2.00. The normalized spacial score (nSPS) is 18.0. The van der Waals surface area contributed by atoms with E-state index in [1.807, 2.05) is 11.8 Å². The number of hydrogen-bond donors (Lipinski definition) is 1. The summed E-state index contributed by atoms with van der Waals surface area (Å²) in [4.78, 5) is 0. The summed E-state index contributed by atoms with van der Waals surface area (Å²) in [5, 5.41) is 0.766. The molecule has 0 aliphatic heterocycles. The minimum absolute atomic E-state index is 0.491. The maximum Gasteiger partial charge on any atom is 0.0446 e. The van der Waals surface area contributed by atoms with Gasteiger partial charge in [-0.3, -0.25) is 0 Å². The molecule has 0 aromatic heterocycles. The molecule has 0 rings (SSSR count). The first-order valence-electron chi connectivity index (χ1n) is 3.00. The van der Waals surface area contributed by atoms with E-state index in [1.54, 1.807) is 0 Å². The van der Waals surface area contributed by atoms with E-state index >= 15 is 0 Å². The Bertz CT molecular complexity index is 52.5. The molecule has 0 aromatic carbocycles. The van der Waals surface area contributed by atoms with Gasteiger partial charge in [-0.15, -0.1) is 11.8 Å². The monoisotopic (exact) mass is 150 g/mol. The lowest BCUT2D eigenvalue weighted by Crippen LogP contribution is -1.96. The third kappa shape index (κ3) is 4.85. The molecule has 8 heavy (non-hydrogen) atoms. The predicted molar refractivity (Wildman–Crippen MR) is 45.8 cm³/mol. The fourth-order valence-electron chi connectivity index (χ4n) is 0.432. The van der Waals surface area contributed by atoms with Crippen molar-refractivity contribution in [1.29, 1.82) is 0 Å². The number of hydrogen-bond acceptors (Lipinski definition) is 2. The van der Waals surface area contributed by atoms with Gasteiger partial charge in [-0.05, 0) is 13.3 Å². The van der Waals surface area contributed by atoms with Gasteiger partial charge in [0.15, 0.2) is 0 Å². The first-order chi connectivity index (χ1) is 3.66. The molecular weight excluding hydrogens is 136 g/mol. The van der Waals surface area contributed by atoms with Gasteiger partial charge >= 0.3 is 0 Å². The molecule has 0 N–H and O–H groups in total. The summed E-state index contributed by atoms with van der Waals surface area (Å²) in [6.07, 6.45) is 1.25. The molecular formula is C6H14S2. The molecule has 2 atom stereocenters. The molecule has 0 saturated heterocycles. The quantitative estimate of drug-likeness (QED) is 0.477. The third-order valence-electron chi connectivity index (χ3n) is 1.00. The summed E-state index contributed by atoms with van der Waals surface area (Å²) < 4.78 is 0.491. The summed E-state index contributed by atoms with van der Waals surface area (Å²) in [7, 11) is 0. The molecule has 0 radical (unpaired) electrons. The van der Waals surface area contributed by atoms with Crippen molar-refractivity contribution in [1.82, 2.24) is 0 Å². The van der Waals surface area contributed by atoms with Crippen LogP contribution >= 0.6 is 24.4 Å². The van der Waals surface area contributed by atoms with Crippen LogP contribution in [0.25, 0.3) is 0 Å². The summed E-state index contributed by atoms with van der Waals surface area (Å²) in [5.74, 6) is 0. The van der Waals surface area contributed by atoms with Crippen molar-refractivity contribution in [2.75, 3.05) is 0 Å². The highest BCUT2D eigenvalue weighted by Crippen LogP contribution is 2.21. The first kappa shape index (κ1) is 8.70. The van der Waals surface area contributed by atoms with E-state index in [1.165, 1.54) is 6.42 Å². The second-order valence-electron chi connectivity index (χ2n) is 1.95. The third-order valence-corrected chi connectivity index (χ3v) is 2.56. The zero-order valence-corrected chi connectivity index (χ0v) is 7.43. The molecule has 0 heterocycles. The molecule has 2 unspecified atom stereocenters. The Hall–Kier alpha value is 0.700. The van der Waals surface area contributed by atoms with Gasteiger partial charge in [0.25, 0.3) is 0 Å². The van der Waals surface area contributed by atoms with Gasteiger partial charge in [0.1, 0.15) is 0 Å². The standard InChI is InChI=1S/C6H14S2/c1-4-5(2)8-6(3)7/h5-7H,4H2,1-3H3. The Morgan fingerprint density at radius 2 is 2.00 bits per heavy atom. The minimum atomic E-state index is 0.491. The molecule has 0 amide bonds. The SMILES string of the molecule is CCC(C)SC(C)S. The van der Waals surface area contributed by atoms with E-state index in [0.29, 0.717) is 4.58 Å². The van der Waals surface area contributed by atoms with Crippen LogP contribution in [-0.4, -0.2) is 9.83 Å². The second kappa shape index (κ2) is 4.57. The second-order valence-corrected chi connectivity index (χ2v) is 4.86. The zero-order valence-electron chi connectivity index (χ0n) is 5.72. The average Bonchev–Trinajstić information content (AvgIpc) is 1.65. The molecule has 0 bridgehead atoms. The lowest BCUT2D eigenvalue weighted by Gasteiger charge is -2.09. The number of thiol groups is 1. The van der Waals surface area contributed by atoms with Crippen molar-refractivity contribution in [2.45, 2.75) is 37.0 Å². The fraction of sp³-hybridized carbons (Fsp3) is 1.00. The van der Waals surface area contributed by atoms with Gasteiger partial charge in [-0.1, -0.05) is 13.8 Å². The first-order valence-corrected chi connectivity index (χ1v) is 4.46. The Morgan fingerprint density at radius 3 is 2.12 bits per heavy atom. The molecule has 0 saturated carbocycles. The Labute approximate surface area is 61.8 Å². The molecule has 0 spiro atoms. The van der Waals surface area contributed by atoms with Gasteiger partial charge in [0.2, 0.25) is 0 Å². The lowest BCUT2D eigenvalue weighted by atomic mass is 10.4. The van der Waals surface area contributed by atoms with Crippen LogP contribution in [0.1, 0.15) is 27.2 Å². The van der Waals surface area contributed by atoms with E-state index in [9.17, 15) is 0 Å². The maximum atomic E-state index is 4.25. The summed E-state index contributed by atoms with van der Waals surface area (Å²) in [5.41, 5.74) is 0. The van der Waals surface area contributed by atoms with Crippen molar-refractivity contribution >= 4 is 24.4 Å². The van der Waals surface area contributed by atoms with Crippen molar-refractivity contribution in [3.05, 3.63) is 0 Å². The average molecular weight is 150 g/mol. The highest BCUT2D eigenvalue weighted by molar-refractivity contribution is 8.10. The number of rotatable bonds is 3. The van der Waals surface area contributed by atoms with E-state index < -0.39 is 0 Å². The number of thioether (sulfide) groups is 1. The molecule has 50 valence electrons. The van der Waals surface area contributed by atoms with Gasteiger partial charge in [0.05, 0.1) is 0 Å². The smallest absolute Gasteiger partial charge is 0.0446 e. The van der Waals surface area contributed by atoms with Crippen LogP contribution in [0, 0.1) is 0 Å².